The Morgan fingerprint density at radius 2 is 2.07 bits per heavy atom. The van der Waals surface area contributed by atoms with Crippen LogP contribution in [-0.2, 0) is 14.3 Å². The van der Waals surface area contributed by atoms with E-state index >= 15 is 0 Å². The molecule has 0 saturated carbocycles. The van der Waals surface area contributed by atoms with Gasteiger partial charge >= 0.3 is 5.97 Å². The maximum absolute atomic E-state index is 12.6. The quantitative estimate of drug-likeness (QED) is 0.375. The molecule has 0 aliphatic carbocycles. The lowest BCUT2D eigenvalue weighted by Gasteiger charge is -2.09. The first-order valence-corrected chi connectivity index (χ1v) is 8.85. The van der Waals surface area contributed by atoms with Crippen molar-refractivity contribution in [3.63, 3.8) is 0 Å². The number of hydrogen-bond acceptors (Lipinski definition) is 7. The Kier molecular flexibility index (Phi) is 5.98. The molecular weight excluding hydrogens is 372 g/mol. The molecule has 0 fully saturated rings. The number of nitrogens with two attached hydrogens (primary N) is 1. The van der Waals surface area contributed by atoms with Crippen molar-refractivity contribution in [2.45, 2.75) is 6.92 Å². The van der Waals surface area contributed by atoms with Crippen LogP contribution in [0.25, 0.3) is 16.9 Å². The van der Waals surface area contributed by atoms with Gasteiger partial charge < -0.3 is 15.8 Å². The molecule has 0 radical (unpaired) electrons. The molecule has 9 heteroatoms. The van der Waals surface area contributed by atoms with Crippen LogP contribution in [0.4, 0.5) is 5.82 Å². The third-order valence-corrected chi connectivity index (χ3v) is 4.01. The number of benzene rings is 1. The minimum Gasteiger partial charge on any atom is -0.462 e. The van der Waals surface area contributed by atoms with Crippen molar-refractivity contribution < 1.29 is 14.3 Å². The Balaban J connectivity index is 1.83. The van der Waals surface area contributed by atoms with E-state index in [9.17, 15) is 9.59 Å². The van der Waals surface area contributed by atoms with Gasteiger partial charge in [0, 0.05) is 31.1 Å². The van der Waals surface area contributed by atoms with Gasteiger partial charge in [-0.2, -0.15) is 0 Å². The molecule has 0 aliphatic rings. The summed E-state index contributed by atoms with van der Waals surface area (Å²) < 4.78 is 6.65. The Hall–Kier alpha value is -4.01. The lowest BCUT2D eigenvalue weighted by Crippen LogP contribution is -2.29. The van der Waals surface area contributed by atoms with Crippen LogP contribution in [0.3, 0.4) is 0 Å². The maximum Gasteiger partial charge on any atom is 0.342 e. The number of hydrogen-bond donors (Lipinski definition) is 2. The van der Waals surface area contributed by atoms with Gasteiger partial charge in [-0.1, -0.05) is 30.3 Å². The van der Waals surface area contributed by atoms with Crippen molar-refractivity contribution in [1.82, 2.24) is 14.4 Å². The Morgan fingerprint density at radius 3 is 2.72 bits per heavy atom. The monoisotopic (exact) mass is 392 g/mol. The van der Waals surface area contributed by atoms with Gasteiger partial charge in [0.25, 0.3) is 5.91 Å². The summed E-state index contributed by atoms with van der Waals surface area (Å²) in [5.74, 6) is -1.10. The molecule has 1 amide bonds. The first kappa shape index (κ1) is 19.7. The van der Waals surface area contributed by atoms with Crippen molar-refractivity contribution in [1.29, 1.82) is 0 Å². The Bertz CT molecular complexity index is 1100. The number of imidazole rings is 1. The van der Waals surface area contributed by atoms with Gasteiger partial charge in [0.2, 0.25) is 0 Å². The van der Waals surface area contributed by atoms with Crippen LogP contribution in [0.2, 0.25) is 0 Å². The number of nitrogens with one attached hydrogen (secondary N) is 1. The second kappa shape index (κ2) is 8.79. The molecule has 0 spiro atoms. The lowest BCUT2D eigenvalue weighted by molar-refractivity contribution is -0.138. The summed E-state index contributed by atoms with van der Waals surface area (Å²) in [6, 6.07) is 11.3. The van der Waals surface area contributed by atoms with Gasteiger partial charge in [-0.25, -0.2) is 14.8 Å². The van der Waals surface area contributed by atoms with Gasteiger partial charge in [-0.3, -0.25) is 14.2 Å². The number of ether oxygens (including phenoxy) is 1. The number of carbonyl (C=O) groups excluding carboxylic acids is 2. The summed E-state index contributed by atoms with van der Waals surface area (Å²) in [5.41, 5.74) is 7.56. The number of aliphatic imine (C=N–C) groups is 1. The van der Waals surface area contributed by atoms with Crippen LogP contribution < -0.4 is 11.1 Å². The Labute approximate surface area is 166 Å². The third kappa shape index (κ3) is 4.29. The van der Waals surface area contributed by atoms with Crippen LogP contribution in [-0.4, -0.2) is 45.6 Å². The van der Waals surface area contributed by atoms with E-state index in [1.54, 1.807) is 17.4 Å². The normalized spacial score (nSPS) is 12.1. The molecule has 2 heterocycles. The second-order valence-corrected chi connectivity index (χ2v) is 5.86. The molecule has 3 N–H and O–H groups in total. The molecule has 29 heavy (non-hydrogen) atoms. The molecule has 9 nitrogen and oxygen atoms in total. The van der Waals surface area contributed by atoms with E-state index in [2.05, 4.69) is 20.3 Å². The van der Waals surface area contributed by atoms with E-state index in [1.807, 2.05) is 36.5 Å². The van der Waals surface area contributed by atoms with E-state index in [-0.39, 0.29) is 23.7 Å². The number of nitrogens with zero attached hydrogens (tertiary/aromatic N) is 4. The molecule has 3 rings (SSSR count). The summed E-state index contributed by atoms with van der Waals surface area (Å²) >= 11 is 0. The van der Waals surface area contributed by atoms with Gasteiger partial charge in [0.05, 0.1) is 12.3 Å². The standard InChI is InChI=1S/C20H20N6O3/c1-3-29-20(28)14(10-21)18(22-2)19(27)25-16-9-17-24-15(11-26(17)12-23-16)13-7-5-4-6-8-13/h4-12H,3,21H2,1-2H3,(H,25,27). The molecule has 148 valence electrons. The van der Waals surface area contributed by atoms with Crippen LogP contribution in [0.5, 0.6) is 0 Å². The molecule has 0 saturated heterocycles. The first-order valence-electron chi connectivity index (χ1n) is 8.85. The molecular formula is C20H20N6O3. The zero-order valence-electron chi connectivity index (χ0n) is 16.0. The smallest absolute Gasteiger partial charge is 0.342 e. The number of carbonyl (C=O) groups is 2. The second-order valence-electron chi connectivity index (χ2n) is 5.86. The molecule has 0 atom stereocenters. The topological polar surface area (TPSA) is 124 Å². The van der Waals surface area contributed by atoms with E-state index in [4.69, 9.17) is 10.5 Å². The summed E-state index contributed by atoms with van der Waals surface area (Å²) in [7, 11) is 1.38. The van der Waals surface area contributed by atoms with Gasteiger partial charge in [0.15, 0.2) is 0 Å². The van der Waals surface area contributed by atoms with Crippen LogP contribution >= 0.6 is 0 Å². The minimum absolute atomic E-state index is 0.125. The predicted molar refractivity (Wildman–Crippen MR) is 109 cm³/mol. The van der Waals surface area contributed by atoms with Crippen molar-refractivity contribution >= 4 is 29.1 Å². The van der Waals surface area contributed by atoms with Crippen LogP contribution in [0.15, 0.2) is 65.7 Å². The van der Waals surface area contributed by atoms with Gasteiger partial charge in [-0.05, 0) is 6.92 Å². The SMILES string of the molecule is CCOC(=O)C(=CN)C(=NC)C(=O)Nc1cc2nc(-c3ccccc3)cn2cn1. The van der Waals surface area contributed by atoms with E-state index in [1.165, 1.54) is 13.4 Å². The summed E-state index contributed by atoms with van der Waals surface area (Å²) in [6.07, 6.45) is 4.38. The highest BCUT2D eigenvalue weighted by molar-refractivity contribution is 6.53. The van der Waals surface area contributed by atoms with Crippen molar-refractivity contribution in [3.8, 4) is 11.3 Å². The number of anilines is 1. The van der Waals surface area contributed by atoms with E-state index in [0.717, 1.165) is 17.5 Å². The van der Waals surface area contributed by atoms with Crippen LogP contribution in [0.1, 0.15) is 6.92 Å². The molecule has 2 aromatic heterocycles. The highest BCUT2D eigenvalue weighted by Gasteiger charge is 2.23. The number of aromatic nitrogens is 3. The highest BCUT2D eigenvalue weighted by Crippen LogP contribution is 2.19. The first-order chi connectivity index (χ1) is 14.1. The zero-order valence-corrected chi connectivity index (χ0v) is 16.0. The molecule has 3 aromatic rings. The highest BCUT2D eigenvalue weighted by atomic mass is 16.5. The van der Waals surface area contributed by atoms with E-state index < -0.39 is 11.9 Å². The third-order valence-electron chi connectivity index (χ3n) is 4.01. The minimum atomic E-state index is -0.727. The average molecular weight is 392 g/mol. The Morgan fingerprint density at radius 1 is 1.31 bits per heavy atom. The van der Waals surface area contributed by atoms with Crippen LogP contribution in [0, 0.1) is 0 Å². The van der Waals surface area contributed by atoms with Crippen molar-refractivity contribution in [2.24, 2.45) is 10.7 Å². The number of fused-ring (bicyclic) bond motifs is 1. The molecule has 0 unspecified atom stereocenters. The number of rotatable bonds is 6. The maximum atomic E-state index is 12.6. The fourth-order valence-corrected chi connectivity index (χ4v) is 2.68. The average Bonchev–Trinajstić information content (AvgIpc) is 3.16. The number of esters is 1. The summed E-state index contributed by atoms with van der Waals surface area (Å²) in [5, 5.41) is 2.61. The van der Waals surface area contributed by atoms with Gasteiger partial charge in [-0.15, -0.1) is 0 Å². The van der Waals surface area contributed by atoms with E-state index in [0.29, 0.717) is 5.65 Å². The molecule has 0 bridgehead atoms. The predicted octanol–water partition coefficient (Wildman–Crippen LogP) is 1.81. The fourth-order valence-electron chi connectivity index (χ4n) is 2.68. The largest absolute Gasteiger partial charge is 0.462 e. The lowest BCUT2D eigenvalue weighted by atomic mass is 10.1. The summed E-state index contributed by atoms with van der Waals surface area (Å²) in [4.78, 5) is 37.2. The molecule has 0 aliphatic heterocycles. The zero-order chi connectivity index (χ0) is 20.8. The molecule has 1 aromatic carbocycles. The van der Waals surface area contributed by atoms with Crippen molar-refractivity contribution in [2.75, 3.05) is 19.0 Å². The number of amides is 1. The van der Waals surface area contributed by atoms with Crippen molar-refractivity contribution in [3.05, 3.63) is 60.7 Å². The van der Waals surface area contributed by atoms with Gasteiger partial charge in [0.1, 0.15) is 29.1 Å². The fraction of sp³-hybridized carbons (Fsp3) is 0.150. The summed E-state index contributed by atoms with van der Waals surface area (Å²) in [6.45, 7) is 1.80.